The van der Waals surface area contributed by atoms with Crippen molar-refractivity contribution in [2.45, 2.75) is 6.92 Å². The van der Waals surface area contributed by atoms with Gasteiger partial charge in [-0.3, -0.25) is 0 Å². The van der Waals surface area contributed by atoms with Crippen LogP contribution in [0.5, 0.6) is 11.5 Å². The second kappa shape index (κ2) is 5.89. The fourth-order valence-electron chi connectivity index (χ4n) is 2.20. The Morgan fingerprint density at radius 1 is 1.23 bits per heavy atom. The standard InChI is InChI=1S/C17H16N2O3/c1-12-5-3-4-6-16(12)21-10-17(20)22-13-7-8-15-14(9-13)18-11-19(15)2/h3-9,11H,10H2,1-2H3. The molecular weight excluding hydrogens is 280 g/mol. The summed E-state index contributed by atoms with van der Waals surface area (Å²) in [6.45, 7) is 1.79. The van der Waals surface area contributed by atoms with Crippen LogP contribution < -0.4 is 9.47 Å². The summed E-state index contributed by atoms with van der Waals surface area (Å²) in [4.78, 5) is 16.1. The molecule has 22 heavy (non-hydrogen) atoms. The molecule has 5 nitrogen and oxygen atoms in total. The Hall–Kier alpha value is -2.82. The van der Waals surface area contributed by atoms with Crippen LogP contribution in [-0.4, -0.2) is 22.1 Å². The quantitative estimate of drug-likeness (QED) is 0.549. The molecule has 0 amide bonds. The topological polar surface area (TPSA) is 53.4 Å². The van der Waals surface area contributed by atoms with Crippen LogP contribution in [0.25, 0.3) is 11.0 Å². The van der Waals surface area contributed by atoms with Gasteiger partial charge in [0.05, 0.1) is 17.4 Å². The lowest BCUT2D eigenvalue weighted by molar-refractivity contribution is -0.136. The first-order valence-corrected chi connectivity index (χ1v) is 6.93. The van der Waals surface area contributed by atoms with Gasteiger partial charge in [-0.1, -0.05) is 18.2 Å². The zero-order chi connectivity index (χ0) is 15.5. The Labute approximate surface area is 128 Å². The fraction of sp³-hybridized carbons (Fsp3) is 0.176. The van der Waals surface area contributed by atoms with E-state index in [1.807, 2.05) is 48.9 Å². The van der Waals surface area contributed by atoms with Crippen molar-refractivity contribution in [1.82, 2.24) is 9.55 Å². The number of ether oxygens (including phenoxy) is 2. The lowest BCUT2D eigenvalue weighted by Crippen LogP contribution is -2.18. The minimum absolute atomic E-state index is 0.134. The van der Waals surface area contributed by atoms with Gasteiger partial charge in [-0.2, -0.15) is 0 Å². The molecule has 0 unspecified atom stereocenters. The van der Waals surface area contributed by atoms with Gasteiger partial charge < -0.3 is 14.0 Å². The third-order valence-corrected chi connectivity index (χ3v) is 3.37. The molecule has 0 fully saturated rings. The second-order valence-corrected chi connectivity index (χ2v) is 5.03. The molecule has 1 heterocycles. The van der Waals surface area contributed by atoms with E-state index in [4.69, 9.17) is 9.47 Å². The molecule has 0 saturated carbocycles. The molecule has 5 heteroatoms. The van der Waals surface area contributed by atoms with Gasteiger partial charge in [-0.05, 0) is 30.7 Å². The summed E-state index contributed by atoms with van der Waals surface area (Å²) in [5.41, 5.74) is 2.74. The van der Waals surface area contributed by atoms with E-state index in [1.165, 1.54) is 0 Å². The Morgan fingerprint density at radius 2 is 2.05 bits per heavy atom. The average Bonchev–Trinajstić information content (AvgIpc) is 2.87. The second-order valence-electron chi connectivity index (χ2n) is 5.03. The molecule has 112 valence electrons. The lowest BCUT2D eigenvalue weighted by atomic mass is 10.2. The highest BCUT2D eigenvalue weighted by Gasteiger charge is 2.09. The maximum Gasteiger partial charge on any atom is 0.349 e. The highest BCUT2D eigenvalue weighted by molar-refractivity contribution is 5.79. The number of esters is 1. The molecule has 2 aromatic carbocycles. The summed E-state index contributed by atoms with van der Waals surface area (Å²) in [5, 5.41) is 0. The van der Waals surface area contributed by atoms with Gasteiger partial charge in [-0.25, -0.2) is 9.78 Å². The minimum atomic E-state index is -0.446. The van der Waals surface area contributed by atoms with Crippen molar-refractivity contribution in [3.05, 3.63) is 54.4 Å². The van der Waals surface area contributed by atoms with E-state index < -0.39 is 5.97 Å². The fourth-order valence-corrected chi connectivity index (χ4v) is 2.20. The number of hydrogen-bond acceptors (Lipinski definition) is 4. The molecule has 0 aliphatic carbocycles. The molecular formula is C17H16N2O3. The Balaban J connectivity index is 1.64. The van der Waals surface area contributed by atoms with E-state index in [-0.39, 0.29) is 6.61 Å². The van der Waals surface area contributed by atoms with Crippen LogP contribution in [-0.2, 0) is 11.8 Å². The van der Waals surface area contributed by atoms with E-state index in [9.17, 15) is 4.79 Å². The summed E-state index contributed by atoms with van der Waals surface area (Å²) < 4.78 is 12.7. The number of imidazole rings is 1. The summed E-state index contributed by atoms with van der Waals surface area (Å²) in [5.74, 6) is 0.697. The van der Waals surface area contributed by atoms with Gasteiger partial charge in [0, 0.05) is 13.1 Å². The van der Waals surface area contributed by atoms with Crippen molar-refractivity contribution in [2.75, 3.05) is 6.61 Å². The van der Waals surface area contributed by atoms with Crippen LogP contribution in [0.15, 0.2) is 48.8 Å². The molecule has 0 saturated heterocycles. The van der Waals surface area contributed by atoms with E-state index in [0.29, 0.717) is 11.5 Å². The van der Waals surface area contributed by atoms with Crippen molar-refractivity contribution < 1.29 is 14.3 Å². The van der Waals surface area contributed by atoms with Crippen molar-refractivity contribution in [3.63, 3.8) is 0 Å². The number of fused-ring (bicyclic) bond motifs is 1. The van der Waals surface area contributed by atoms with Crippen LogP contribution in [0.4, 0.5) is 0 Å². The van der Waals surface area contributed by atoms with Gasteiger partial charge in [0.15, 0.2) is 6.61 Å². The van der Waals surface area contributed by atoms with Gasteiger partial charge >= 0.3 is 5.97 Å². The maximum absolute atomic E-state index is 11.9. The van der Waals surface area contributed by atoms with Gasteiger partial charge in [0.2, 0.25) is 0 Å². The highest BCUT2D eigenvalue weighted by atomic mass is 16.6. The monoisotopic (exact) mass is 296 g/mol. The zero-order valence-electron chi connectivity index (χ0n) is 12.4. The zero-order valence-corrected chi connectivity index (χ0v) is 12.4. The van der Waals surface area contributed by atoms with E-state index in [1.54, 1.807) is 18.5 Å². The number of para-hydroxylation sites is 1. The SMILES string of the molecule is Cc1ccccc1OCC(=O)Oc1ccc2c(c1)ncn2C. The third-order valence-electron chi connectivity index (χ3n) is 3.37. The number of carbonyl (C=O) groups is 1. The molecule has 0 aliphatic rings. The minimum Gasteiger partial charge on any atom is -0.482 e. The Kier molecular flexibility index (Phi) is 3.78. The van der Waals surface area contributed by atoms with E-state index in [2.05, 4.69) is 4.98 Å². The van der Waals surface area contributed by atoms with Gasteiger partial charge in [0.25, 0.3) is 0 Å². The molecule has 0 spiro atoms. The summed E-state index contributed by atoms with van der Waals surface area (Å²) >= 11 is 0. The number of aryl methyl sites for hydroxylation is 2. The number of rotatable bonds is 4. The van der Waals surface area contributed by atoms with E-state index >= 15 is 0 Å². The Morgan fingerprint density at radius 3 is 2.86 bits per heavy atom. The van der Waals surface area contributed by atoms with Crippen LogP contribution in [0.1, 0.15) is 5.56 Å². The summed E-state index contributed by atoms with van der Waals surface area (Å²) in [7, 11) is 1.91. The first kappa shape index (κ1) is 14.1. The summed E-state index contributed by atoms with van der Waals surface area (Å²) in [6.07, 6.45) is 1.72. The van der Waals surface area contributed by atoms with Gasteiger partial charge in [0.1, 0.15) is 11.5 Å². The largest absolute Gasteiger partial charge is 0.482 e. The van der Waals surface area contributed by atoms with Crippen molar-refractivity contribution in [2.24, 2.45) is 7.05 Å². The van der Waals surface area contributed by atoms with Gasteiger partial charge in [-0.15, -0.1) is 0 Å². The molecule has 0 aliphatic heterocycles. The molecule has 3 rings (SSSR count). The van der Waals surface area contributed by atoms with Crippen LogP contribution in [0, 0.1) is 6.92 Å². The molecule has 3 aromatic rings. The third kappa shape index (κ3) is 2.93. The molecule has 0 radical (unpaired) electrons. The summed E-state index contributed by atoms with van der Waals surface area (Å²) in [6, 6.07) is 12.9. The molecule has 0 bridgehead atoms. The molecule has 0 atom stereocenters. The van der Waals surface area contributed by atoms with Crippen molar-refractivity contribution in [1.29, 1.82) is 0 Å². The number of carbonyl (C=O) groups excluding carboxylic acids is 1. The first-order valence-electron chi connectivity index (χ1n) is 6.93. The van der Waals surface area contributed by atoms with Crippen molar-refractivity contribution >= 4 is 17.0 Å². The van der Waals surface area contributed by atoms with Crippen LogP contribution in [0.2, 0.25) is 0 Å². The highest BCUT2D eigenvalue weighted by Crippen LogP contribution is 2.20. The lowest BCUT2D eigenvalue weighted by Gasteiger charge is -2.08. The van der Waals surface area contributed by atoms with Crippen LogP contribution in [0.3, 0.4) is 0 Å². The number of benzene rings is 2. The number of aromatic nitrogens is 2. The first-order chi connectivity index (χ1) is 10.6. The number of hydrogen-bond donors (Lipinski definition) is 0. The molecule has 1 aromatic heterocycles. The smallest absolute Gasteiger partial charge is 0.349 e. The molecule has 0 N–H and O–H groups in total. The average molecular weight is 296 g/mol. The Bertz CT molecular complexity index is 824. The van der Waals surface area contributed by atoms with E-state index in [0.717, 1.165) is 16.6 Å². The van der Waals surface area contributed by atoms with Crippen LogP contribution >= 0.6 is 0 Å². The van der Waals surface area contributed by atoms with Crippen molar-refractivity contribution in [3.8, 4) is 11.5 Å². The normalized spacial score (nSPS) is 10.6. The number of nitrogens with zero attached hydrogens (tertiary/aromatic N) is 2. The predicted octanol–water partition coefficient (Wildman–Crippen LogP) is 2.87. The predicted molar refractivity (Wildman–Crippen MR) is 83.0 cm³/mol. The maximum atomic E-state index is 11.9.